The zero-order chi connectivity index (χ0) is 23.8. The molecule has 0 radical (unpaired) electrons. The fourth-order valence-electron chi connectivity index (χ4n) is 5.70. The predicted octanol–water partition coefficient (Wildman–Crippen LogP) is 1.91. The second-order valence-electron chi connectivity index (χ2n) is 10.2. The Morgan fingerprint density at radius 2 is 1.74 bits per heavy atom. The van der Waals surface area contributed by atoms with Crippen LogP contribution in [0.4, 0.5) is 10.6 Å². The van der Waals surface area contributed by atoms with Crippen LogP contribution < -0.4 is 22.1 Å². The fourth-order valence-corrected chi connectivity index (χ4v) is 5.70. The number of carbonyl (C=O) groups excluding carboxylic acids is 1. The van der Waals surface area contributed by atoms with Crippen LogP contribution in [0.25, 0.3) is 5.69 Å². The van der Waals surface area contributed by atoms with Gasteiger partial charge in [0.1, 0.15) is 5.82 Å². The predicted molar refractivity (Wildman–Crippen MR) is 132 cm³/mol. The van der Waals surface area contributed by atoms with Crippen LogP contribution in [-0.2, 0) is 6.54 Å². The van der Waals surface area contributed by atoms with Crippen LogP contribution in [0.2, 0.25) is 0 Å². The first-order valence-electron chi connectivity index (χ1n) is 12.3. The third-order valence-electron chi connectivity index (χ3n) is 8.15. The molecule has 1 aliphatic heterocycles. The van der Waals surface area contributed by atoms with Crippen molar-refractivity contribution in [2.45, 2.75) is 56.1 Å². The molecule has 9 heteroatoms. The fraction of sp³-hybridized carbons (Fsp3) is 0.560. The number of nitrogens with two attached hydrogens (primary N) is 1. The highest BCUT2D eigenvalue weighted by Gasteiger charge is 2.48. The van der Waals surface area contributed by atoms with Crippen molar-refractivity contribution < 1.29 is 4.79 Å². The Balaban J connectivity index is 1.23. The number of benzene rings is 1. The van der Waals surface area contributed by atoms with Gasteiger partial charge in [0, 0.05) is 50.0 Å². The van der Waals surface area contributed by atoms with E-state index >= 15 is 0 Å². The van der Waals surface area contributed by atoms with Crippen molar-refractivity contribution in [3.05, 3.63) is 52.6 Å². The number of urea groups is 1. The minimum Gasteiger partial charge on any atom is -0.325 e. The van der Waals surface area contributed by atoms with Crippen LogP contribution in [0.3, 0.4) is 0 Å². The lowest BCUT2D eigenvalue weighted by molar-refractivity contribution is -0.0112. The normalized spacial score (nSPS) is 26.6. The number of amides is 2. The Morgan fingerprint density at radius 1 is 1.09 bits per heavy atom. The van der Waals surface area contributed by atoms with Crippen molar-refractivity contribution in [1.29, 1.82) is 0 Å². The van der Waals surface area contributed by atoms with E-state index in [1.54, 1.807) is 17.2 Å². The molecule has 0 spiro atoms. The Hall–Kier alpha value is -2.75. The summed E-state index contributed by atoms with van der Waals surface area (Å²) >= 11 is 0. The highest BCUT2D eigenvalue weighted by Crippen LogP contribution is 2.48. The molecule has 1 aromatic carbocycles. The lowest BCUT2D eigenvalue weighted by atomic mass is 9.61. The van der Waals surface area contributed by atoms with Gasteiger partial charge in [-0.05, 0) is 69.3 Å². The molecular formula is C25H35N7O2. The quantitative estimate of drug-likeness (QED) is 0.623. The SMILES string of the molecule is CN(Cc1ccc(-n2ccc(NC(=O)N3CCNCC3)nc2=O)cc1)C12CCC(N)(CC1)CC2. The summed E-state index contributed by atoms with van der Waals surface area (Å²) in [5, 5.41) is 5.94. The third-order valence-corrected chi connectivity index (χ3v) is 8.15. The summed E-state index contributed by atoms with van der Waals surface area (Å²) in [4.78, 5) is 33.3. The van der Waals surface area contributed by atoms with E-state index < -0.39 is 5.69 Å². The van der Waals surface area contributed by atoms with Crippen LogP contribution in [-0.4, -0.2) is 69.7 Å². The van der Waals surface area contributed by atoms with E-state index in [1.807, 2.05) is 12.1 Å². The summed E-state index contributed by atoms with van der Waals surface area (Å²) in [7, 11) is 2.23. The van der Waals surface area contributed by atoms with Gasteiger partial charge in [0.15, 0.2) is 0 Å². The van der Waals surface area contributed by atoms with Crippen molar-refractivity contribution in [3.63, 3.8) is 0 Å². The number of hydrogen-bond donors (Lipinski definition) is 3. The van der Waals surface area contributed by atoms with E-state index in [4.69, 9.17) is 5.73 Å². The molecule has 182 valence electrons. The molecule has 6 rings (SSSR count). The second kappa shape index (κ2) is 9.13. The van der Waals surface area contributed by atoms with E-state index in [-0.39, 0.29) is 22.9 Å². The highest BCUT2D eigenvalue weighted by atomic mass is 16.2. The van der Waals surface area contributed by atoms with Crippen molar-refractivity contribution >= 4 is 11.8 Å². The summed E-state index contributed by atoms with van der Waals surface area (Å²) in [5.41, 5.74) is 8.38. The van der Waals surface area contributed by atoms with Crippen LogP contribution in [0.15, 0.2) is 41.3 Å². The van der Waals surface area contributed by atoms with E-state index in [2.05, 4.69) is 39.7 Å². The maximum absolute atomic E-state index is 12.6. The van der Waals surface area contributed by atoms with Gasteiger partial charge in [-0.25, -0.2) is 9.59 Å². The first-order chi connectivity index (χ1) is 16.4. The number of aromatic nitrogens is 2. The maximum Gasteiger partial charge on any atom is 0.354 e. The van der Waals surface area contributed by atoms with Crippen LogP contribution in [0, 0.1) is 0 Å². The number of piperazine rings is 1. The minimum atomic E-state index is -0.420. The van der Waals surface area contributed by atoms with Crippen molar-refractivity contribution in [2.75, 3.05) is 38.5 Å². The number of anilines is 1. The van der Waals surface area contributed by atoms with Gasteiger partial charge in [0.25, 0.3) is 0 Å². The second-order valence-corrected chi connectivity index (χ2v) is 10.2. The number of carbonyl (C=O) groups is 1. The molecule has 2 bridgehead atoms. The largest absolute Gasteiger partial charge is 0.354 e. The molecule has 9 nitrogen and oxygen atoms in total. The maximum atomic E-state index is 12.6. The monoisotopic (exact) mass is 465 g/mol. The molecule has 4 N–H and O–H groups in total. The molecule has 34 heavy (non-hydrogen) atoms. The molecule has 4 aliphatic rings. The highest BCUT2D eigenvalue weighted by molar-refractivity contribution is 5.88. The van der Waals surface area contributed by atoms with E-state index in [0.717, 1.165) is 44.6 Å². The molecule has 2 amide bonds. The molecule has 3 aliphatic carbocycles. The van der Waals surface area contributed by atoms with Gasteiger partial charge >= 0.3 is 11.7 Å². The summed E-state index contributed by atoms with van der Waals surface area (Å²) in [6.07, 6.45) is 8.56. The van der Waals surface area contributed by atoms with Crippen LogP contribution in [0.5, 0.6) is 0 Å². The number of nitrogens with zero attached hydrogens (tertiary/aromatic N) is 4. The van der Waals surface area contributed by atoms with E-state index in [1.165, 1.54) is 29.4 Å². The molecule has 0 atom stereocenters. The minimum absolute atomic E-state index is 0.0783. The van der Waals surface area contributed by atoms with Gasteiger partial charge in [-0.3, -0.25) is 14.8 Å². The van der Waals surface area contributed by atoms with Crippen LogP contribution >= 0.6 is 0 Å². The topological polar surface area (TPSA) is 109 Å². The summed E-state index contributed by atoms with van der Waals surface area (Å²) < 4.78 is 1.50. The van der Waals surface area contributed by atoms with Gasteiger partial charge in [-0.2, -0.15) is 4.98 Å². The molecule has 3 saturated carbocycles. The molecule has 1 aromatic heterocycles. The standard InChI is InChI=1S/C25H35N7O2/c1-30(25-10-7-24(26,8-11-25)9-12-25)18-19-2-4-20(5-3-19)32-15-6-21(29-23(32)34)28-22(33)31-16-13-27-14-17-31/h2-6,15,27H,7-14,16-18,26H2,1H3,(H,28,29,33,34). The molecule has 2 aromatic rings. The summed E-state index contributed by atoms with van der Waals surface area (Å²) in [5.74, 6) is 0.267. The van der Waals surface area contributed by atoms with Crippen LogP contribution in [0.1, 0.15) is 44.1 Å². The van der Waals surface area contributed by atoms with Crippen molar-refractivity contribution in [2.24, 2.45) is 5.73 Å². The van der Waals surface area contributed by atoms with Gasteiger partial charge in [-0.1, -0.05) is 12.1 Å². The first kappa shape index (κ1) is 23.0. The Morgan fingerprint density at radius 3 is 2.35 bits per heavy atom. The third kappa shape index (κ3) is 4.60. The van der Waals surface area contributed by atoms with Gasteiger partial charge in [0.2, 0.25) is 0 Å². The number of nitrogens with one attached hydrogen (secondary N) is 2. The lowest BCUT2D eigenvalue weighted by Crippen LogP contribution is -2.60. The average molecular weight is 466 g/mol. The van der Waals surface area contributed by atoms with Crippen molar-refractivity contribution in [1.82, 2.24) is 24.7 Å². The zero-order valence-electron chi connectivity index (χ0n) is 19.9. The number of fused-ring (bicyclic) bond motifs is 3. The molecule has 4 fully saturated rings. The summed E-state index contributed by atoms with van der Waals surface area (Å²) in [6.45, 7) is 3.69. The van der Waals surface area contributed by atoms with E-state index in [9.17, 15) is 9.59 Å². The number of hydrogen-bond acceptors (Lipinski definition) is 6. The smallest absolute Gasteiger partial charge is 0.325 e. The van der Waals surface area contributed by atoms with Crippen molar-refractivity contribution in [3.8, 4) is 5.69 Å². The van der Waals surface area contributed by atoms with Gasteiger partial charge in [-0.15, -0.1) is 0 Å². The Labute approximate surface area is 200 Å². The molecule has 2 heterocycles. The van der Waals surface area contributed by atoms with E-state index in [0.29, 0.717) is 13.1 Å². The summed E-state index contributed by atoms with van der Waals surface area (Å²) in [6, 6.07) is 9.49. The average Bonchev–Trinajstić information content (AvgIpc) is 2.86. The number of rotatable bonds is 5. The Kier molecular flexibility index (Phi) is 6.18. The first-order valence-corrected chi connectivity index (χ1v) is 12.3. The van der Waals surface area contributed by atoms with Gasteiger partial charge < -0.3 is 16.0 Å². The van der Waals surface area contributed by atoms with Gasteiger partial charge in [0.05, 0.1) is 5.69 Å². The zero-order valence-corrected chi connectivity index (χ0v) is 19.9. The lowest BCUT2D eigenvalue weighted by Gasteiger charge is -2.55. The molecule has 1 saturated heterocycles. The molecular weight excluding hydrogens is 430 g/mol. The Bertz CT molecular complexity index is 1070. The molecule has 0 unspecified atom stereocenters.